The third-order valence-electron chi connectivity index (χ3n) is 3.75. The van der Waals surface area contributed by atoms with Crippen molar-refractivity contribution in [2.24, 2.45) is 5.73 Å². The fourth-order valence-corrected chi connectivity index (χ4v) is 2.77. The van der Waals surface area contributed by atoms with Crippen LogP contribution in [0.2, 0.25) is 0 Å². The average molecular weight is 309 g/mol. The molecule has 0 spiro atoms. The first kappa shape index (κ1) is 15.6. The van der Waals surface area contributed by atoms with Gasteiger partial charge in [-0.05, 0) is 63.2 Å². The molecule has 1 aromatic carbocycles. The zero-order chi connectivity index (χ0) is 16.4. The van der Waals surface area contributed by atoms with Crippen molar-refractivity contribution in [2.75, 3.05) is 6.54 Å². The van der Waals surface area contributed by atoms with Crippen LogP contribution in [0.25, 0.3) is 16.9 Å². The largest absolute Gasteiger partial charge is 0.491 e. The Balaban J connectivity index is 2.06. The molecule has 2 heterocycles. The Labute approximate surface area is 136 Å². The van der Waals surface area contributed by atoms with E-state index in [1.54, 1.807) is 0 Å². The maximum absolute atomic E-state index is 5.81. The van der Waals surface area contributed by atoms with Crippen molar-refractivity contribution in [1.82, 2.24) is 9.38 Å². The predicted molar refractivity (Wildman–Crippen MR) is 93.9 cm³/mol. The topological polar surface area (TPSA) is 52.5 Å². The van der Waals surface area contributed by atoms with Crippen LogP contribution in [-0.4, -0.2) is 22.0 Å². The molecule has 0 aliphatic rings. The van der Waals surface area contributed by atoms with E-state index < -0.39 is 0 Å². The maximum atomic E-state index is 5.81. The van der Waals surface area contributed by atoms with Gasteiger partial charge in [0.2, 0.25) is 0 Å². The van der Waals surface area contributed by atoms with Crippen molar-refractivity contribution in [1.29, 1.82) is 0 Å². The molecule has 4 heteroatoms. The number of ether oxygens (including phenoxy) is 1. The molecule has 4 nitrogen and oxygen atoms in total. The number of hydrogen-bond donors (Lipinski definition) is 1. The standard InChI is InChI=1S/C19H23N3O/c1-13(2)23-16-7-5-15(6-8-16)19-17(10-11-20)22-12-14(3)4-9-18(22)21-19/h4-9,12-13H,10-11,20H2,1-3H3. The van der Waals surface area contributed by atoms with Crippen molar-refractivity contribution in [3.8, 4) is 17.0 Å². The van der Waals surface area contributed by atoms with Gasteiger partial charge in [0.05, 0.1) is 17.5 Å². The summed E-state index contributed by atoms with van der Waals surface area (Å²) in [5.74, 6) is 0.878. The van der Waals surface area contributed by atoms with Crippen LogP contribution in [0.5, 0.6) is 5.75 Å². The molecule has 23 heavy (non-hydrogen) atoms. The highest BCUT2D eigenvalue weighted by atomic mass is 16.5. The van der Waals surface area contributed by atoms with E-state index >= 15 is 0 Å². The summed E-state index contributed by atoms with van der Waals surface area (Å²) < 4.78 is 7.86. The van der Waals surface area contributed by atoms with E-state index in [2.05, 4.69) is 41.8 Å². The Hall–Kier alpha value is -2.33. The van der Waals surface area contributed by atoms with Gasteiger partial charge in [-0.1, -0.05) is 6.07 Å². The summed E-state index contributed by atoms with van der Waals surface area (Å²) in [4.78, 5) is 4.80. The molecule has 3 aromatic rings. The molecule has 2 aromatic heterocycles. The third kappa shape index (κ3) is 3.22. The minimum absolute atomic E-state index is 0.173. The first-order valence-electron chi connectivity index (χ1n) is 8.03. The quantitative estimate of drug-likeness (QED) is 0.783. The van der Waals surface area contributed by atoms with Crippen molar-refractivity contribution < 1.29 is 4.74 Å². The lowest BCUT2D eigenvalue weighted by molar-refractivity contribution is 0.242. The molecule has 0 amide bonds. The van der Waals surface area contributed by atoms with Gasteiger partial charge in [0.25, 0.3) is 0 Å². The number of pyridine rings is 1. The average Bonchev–Trinajstić information content (AvgIpc) is 2.86. The number of rotatable bonds is 5. The summed E-state index contributed by atoms with van der Waals surface area (Å²) in [6.45, 7) is 6.74. The molecule has 0 bridgehead atoms. The first-order valence-corrected chi connectivity index (χ1v) is 8.03. The second kappa shape index (κ2) is 6.42. The smallest absolute Gasteiger partial charge is 0.137 e. The summed E-state index contributed by atoms with van der Waals surface area (Å²) in [5, 5.41) is 0. The monoisotopic (exact) mass is 309 g/mol. The lowest BCUT2D eigenvalue weighted by Crippen LogP contribution is -2.06. The van der Waals surface area contributed by atoms with E-state index in [-0.39, 0.29) is 6.10 Å². The minimum atomic E-state index is 0.173. The molecule has 120 valence electrons. The van der Waals surface area contributed by atoms with Crippen molar-refractivity contribution in [3.05, 3.63) is 53.9 Å². The molecule has 0 unspecified atom stereocenters. The molecule has 0 saturated heterocycles. The van der Waals surface area contributed by atoms with Gasteiger partial charge >= 0.3 is 0 Å². The number of nitrogens with zero attached hydrogens (tertiary/aromatic N) is 2. The van der Waals surface area contributed by atoms with Gasteiger partial charge in [0.15, 0.2) is 0 Å². The van der Waals surface area contributed by atoms with E-state index in [9.17, 15) is 0 Å². The predicted octanol–water partition coefficient (Wildman–Crippen LogP) is 3.60. The van der Waals surface area contributed by atoms with Crippen LogP contribution in [0.1, 0.15) is 25.1 Å². The molecule has 0 fully saturated rings. The van der Waals surface area contributed by atoms with Crippen LogP contribution in [0.15, 0.2) is 42.6 Å². The highest BCUT2D eigenvalue weighted by Crippen LogP contribution is 2.27. The molecular weight excluding hydrogens is 286 g/mol. The van der Waals surface area contributed by atoms with Crippen LogP contribution < -0.4 is 10.5 Å². The Kier molecular flexibility index (Phi) is 4.35. The molecule has 0 aliphatic carbocycles. The minimum Gasteiger partial charge on any atom is -0.491 e. The van der Waals surface area contributed by atoms with E-state index in [4.69, 9.17) is 15.5 Å². The molecule has 0 radical (unpaired) electrons. The fraction of sp³-hybridized carbons (Fsp3) is 0.316. The SMILES string of the molecule is Cc1ccc2nc(-c3ccc(OC(C)C)cc3)c(CCN)n2c1. The highest BCUT2D eigenvalue weighted by molar-refractivity contribution is 5.67. The van der Waals surface area contributed by atoms with Crippen LogP contribution >= 0.6 is 0 Å². The number of benzene rings is 1. The maximum Gasteiger partial charge on any atom is 0.137 e. The van der Waals surface area contributed by atoms with E-state index in [0.717, 1.165) is 34.8 Å². The number of aromatic nitrogens is 2. The Bertz CT molecular complexity index is 803. The summed E-state index contributed by atoms with van der Waals surface area (Å²) >= 11 is 0. The number of imidazole rings is 1. The van der Waals surface area contributed by atoms with E-state index in [0.29, 0.717) is 6.54 Å². The van der Waals surface area contributed by atoms with E-state index in [1.807, 2.05) is 26.0 Å². The van der Waals surface area contributed by atoms with Gasteiger partial charge in [-0.3, -0.25) is 0 Å². The number of fused-ring (bicyclic) bond motifs is 1. The normalized spacial score (nSPS) is 11.3. The van der Waals surface area contributed by atoms with Gasteiger partial charge in [-0.2, -0.15) is 0 Å². The van der Waals surface area contributed by atoms with Gasteiger partial charge in [-0.15, -0.1) is 0 Å². The van der Waals surface area contributed by atoms with Gasteiger partial charge in [0.1, 0.15) is 11.4 Å². The molecule has 0 atom stereocenters. The number of hydrogen-bond acceptors (Lipinski definition) is 3. The van der Waals surface area contributed by atoms with Crippen LogP contribution in [0.4, 0.5) is 0 Å². The third-order valence-corrected chi connectivity index (χ3v) is 3.75. The van der Waals surface area contributed by atoms with Crippen molar-refractivity contribution in [3.63, 3.8) is 0 Å². The first-order chi connectivity index (χ1) is 11.1. The second-order valence-electron chi connectivity index (χ2n) is 6.07. The highest BCUT2D eigenvalue weighted by Gasteiger charge is 2.13. The fourth-order valence-electron chi connectivity index (χ4n) is 2.77. The van der Waals surface area contributed by atoms with Crippen LogP contribution in [0.3, 0.4) is 0 Å². The summed E-state index contributed by atoms with van der Waals surface area (Å²) in [6, 6.07) is 12.2. The van der Waals surface area contributed by atoms with Crippen molar-refractivity contribution >= 4 is 5.65 Å². The lowest BCUT2D eigenvalue weighted by Gasteiger charge is -2.10. The van der Waals surface area contributed by atoms with Crippen LogP contribution in [0, 0.1) is 6.92 Å². The van der Waals surface area contributed by atoms with Gasteiger partial charge in [-0.25, -0.2) is 4.98 Å². The summed E-state index contributed by atoms with van der Waals surface area (Å²) in [5.41, 5.74) is 11.2. The summed E-state index contributed by atoms with van der Waals surface area (Å²) in [6.07, 6.45) is 3.09. The van der Waals surface area contributed by atoms with E-state index in [1.165, 1.54) is 5.56 Å². The summed E-state index contributed by atoms with van der Waals surface area (Å²) in [7, 11) is 0. The Morgan fingerprint density at radius 1 is 1.13 bits per heavy atom. The zero-order valence-electron chi connectivity index (χ0n) is 13.9. The molecular formula is C19H23N3O. The van der Waals surface area contributed by atoms with Gasteiger partial charge < -0.3 is 14.9 Å². The molecule has 2 N–H and O–H groups in total. The second-order valence-corrected chi connectivity index (χ2v) is 6.07. The lowest BCUT2D eigenvalue weighted by atomic mass is 10.1. The van der Waals surface area contributed by atoms with Crippen molar-refractivity contribution in [2.45, 2.75) is 33.3 Å². The molecule has 0 saturated carbocycles. The Morgan fingerprint density at radius 3 is 2.52 bits per heavy atom. The zero-order valence-corrected chi connectivity index (χ0v) is 13.9. The number of aryl methyl sites for hydroxylation is 1. The molecule has 3 rings (SSSR count). The number of nitrogens with two attached hydrogens (primary N) is 1. The van der Waals surface area contributed by atoms with Gasteiger partial charge in [0, 0.05) is 18.2 Å². The molecule has 0 aliphatic heterocycles. The van der Waals surface area contributed by atoms with Crippen LogP contribution in [-0.2, 0) is 6.42 Å². The Morgan fingerprint density at radius 2 is 1.87 bits per heavy atom.